The number of aryl methyl sites for hydroxylation is 2. The molecule has 3 heterocycles. The minimum absolute atomic E-state index is 0.132. The maximum Gasteiger partial charge on any atom is 0.274 e. The van der Waals surface area contributed by atoms with Gasteiger partial charge in [-0.3, -0.25) is 14.8 Å². The van der Waals surface area contributed by atoms with E-state index in [0.717, 1.165) is 57.7 Å². The standard InChI is InChI=1S/C22H26N6O2/c29-19-12-16(13-27-7-9-30-10-8-27)23-22-25-21(26-28(19)22)24-20-17-5-1-3-14(17)11-15-4-2-6-18(15)20/h11-12H,1-10,13H2,(H2,23,24,25,26). The molecule has 2 aromatic heterocycles. The number of benzene rings is 1. The first-order valence-electron chi connectivity index (χ1n) is 11.0. The molecule has 156 valence electrons. The predicted octanol–water partition coefficient (Wildman–Crippen LogP) is 1.97. The summed E-state index contributed by atoms with van der Waals surface area (Å²) in [6.07, 6.45) is 6.94. The first kappa shape index (κ1) is 18.1. The molecule has 30 heavy (non-hydrogen) atoms. The summed E-state index contributed by atoms with van der Waals surface area (Å²) < 4.78 is 6.83. The normalized spacial score (nSPS) is 18.7. The van der Waals surface area contributed by atoms with Crippen LogP contribution in [-0.2, 0) is 37.0 Å². The molecule has 0 radical (unpaired) electrons. The lowest BCUT2D eigenvalue weighted by Gasteiger charge is -2.25. The van der Waals surface area contributed by atoms with Crippen LogP contribution >= 0.6 is 0 Å². The lowest BCUT2D eigenvalue weighted by atomic mass is 9.99. The van der Waals surface area contributed by atoms with Crippen molar-refractivity contribution in [1.82, 2.24) is 24.5 Å². The number of aromatic nitrogens is 4. The Bertz CT molecular complexity index is 1140. The molecule has 3 aliphatic rings. The van der Waals surface area contributed by atoms with Crippen molar-refractivity contribution in [3.63, 3.8) is 0 Å². The monoisotopic (exact) mass is 406 g/mol. The molecule has 2 aliphatic carbocycles. The number of rotatable bonds is 4. The summed E-state index contributed by atoms with van der Waals surface area (Å²) in [4.78, 5) is 24.2. The van der Waals surface area contributed by atoms with Crippen molar-refractivity contribution in [3.8, 4) is 0 Å². The fourth-order valence-corrected chi connectivity index (χ4v) is 5.14. The number of morpholine rings is 1. The van der Waals surface area contributed by atoms with Crippen LogP contribution in [0.5, 0.6) is 0 Å². The molecule has 1 saturated heterocycles. The van der Waals surface area contributed by atoms with Gasteiger partial charge in [0.2, 0.25) is 5.95 Å². The Kier molecular flexibility index (Phi) is 4.35. The van der Waals surface area contributed by atoms with Crippen molar-refractivity contribution in [1.29, 1.82) is 0 Å². The molecule has 8 heteroatoms. The van der Waals surface area contributed by atoms with Crippen LogP contribution in [0.15, 0.2) is 16.9 Å². The average molecular weight is 406 g/mol. The quantitative estimate of drug-likeness (QED) is 0.689. The van der Waals surface area contributed by atoms with E-state index >= 15 is 0 Å². The Morgan fingerprint density at radius 1 is 1.00 bits per heavy atom. The molecular formula is C22H26N6O2. The fraction of sp³-hybridized carbons (Fsp3) is 0.500. The zero-order valence-electron chi connectivity index (χ0n) is 17.0. The third kappa shape index (κ3) is 3.11. The highest BCUT2D eigenvalue weighted by Gasteiger charge is 2.24. The second kappa shape index (κ2) is 7.21. The molecule has 0 amide bonds. The molecule has 0 bridgehead atoms. The minimum atomic E-state index is -0.132. The summed E-state index contributed by atoms with van der Waals surface area (Å²) in [5.41, 5.74) is 7.61. The van der Waals surface area contributed by atoms with Crippen LogP contribution in [0.4, 0.5) is 11.6 Å². The van der Waals surface area contributed by atoms with E-state index in [1.54, 1.807) is 6.07 Å². The number of anilines is 2. The van der Waals surface area contributed by atoms with E-state index in [-0.39, 0.29) is 5.56 Å². The number of aromatic amines is 1. The molecule has 1 aromatic carbocycles. The van der Waals surface area contributed by atoms with E-state index in [4.69, 9.17) is 4.74 Å². The van der Waals surface area contributed by atoms with Gasteiger partial charge in [-0.05, 0) is 60.8 Å². The Labute approximate surface area is 174 Å². The Morgan fingerprint density at radius 2 is 1.73 bits per heavy atom. The maximum atomic E-state index is 12.7. The first-order valence-corrected chi connectivity index (χ1v) is 11.0. The van der Waals surface area contributed by atoms with Crippen LogP contribution in [0.2, 0.25) is 0 Å². The molecule has 0 spiro atoms. The van der Waals surface area contributed by atoms with Gasteiger partial charge in [0.15, 0.2) is 0 Å². The van der Waals surface area contributed by atoms with Crippen molar-refractivity contribution in [3.05, 3.63) is 50.4 Å². The second-order valence-corrected chi connectivity index (χ2v) is 8.54. The van der Waals surface area contributed by atoms with Gasteiger partial charge in [0.05, 0.1) is 18.9 Å². The molecule has 6 rings (SSSR count). The summed E-state index contributed by atoms with van der Waals surface area (Å²) in [7, 11) is 0. The van der Waals surface area contributed by atoms with E-state index in [0.29, 0.717) is 18.3 Å². The van der Waals surface area contributed by atoms with Gasteiger partial charge < -0.3 is 10.1 Å². The molecule has 1 fully saturated rings. The molecule has 0 atom stereocenters. The van der Waals surface area contributed by atoms with Gasteiger partial charge in [-0.25, -0.2) is 4.98 Å². The van der Waals surface area contributed by atoms with Gasteiger partial charge in [-0.15, -0.1) is 0 Å². The SMILES string of the molecule is O=c1cc(CN2CCOCC2)nc2nc(Nc3c4c(cc5c3CCC5)CCC4)[nH]n12. The summed E-state index contributed by atoms with van der Waals surface area (Å²) in [6.45, 7) is 3.81. The molecular weight excluding hydrogens is 380 g/mol. The van der Waals surface area contributed by atoms with E-state index in [9.17, 15) is 4.79 Å². The number of hydrogen-bond acceptors (Lipinski definition) is 6. The number of nitrogens with zero attached hydrogens (tertiary/aromatic N) is 4. The van der Waals surface area contributed by atoms with Crippen LogP contribution in [0.25, 0.3) is 5.78 Å². The van der Waals surface area contributed by atoms with Crippen molar-refractivity contribution >= 4 is 17.4 Å². The van der Waals surface area contributed by atoms with Crippen LogP contribution in [0.1, 0.15) is 40.8 Å². The number of H-pyrrole nitrogens is 1. The van der Waals surface area contributed by atoms with Crippen molar-refractivity contribution < 1.29 is 4.74 Å². The van der Waals surface area contributed by atoms with Crippen LogP contribution in [-0.4, -0.2) is 50.8 Å². The van der Waals surface area contributed by atoms with E-state index in [1.165, 1.54) is 45.3 Å². The van der Waals surface area contributed by atoms with Crippen molar-refractivity contribution in [2.75, 3.05) is 31.6 Å². The summed E-state index contributed by atoms with van der Waals surface area (Å²) in [5, 5.41) is 6.64. The fourth-order valence-electron chi connectivity index (χ4n) is 5.14. The minimum Gasteiger partial charge on any atom is -0.379 e. The Morgan fingerprint density at radius 3 is 2.47 bits per heavy atom. The van der Waals surface area contributed by atoms with Gasteiger partial charge in [0.25, 0.3) is 11.3 Å². The number of hydrogen-bond donors (Lipinski definition) is 2. The van der Waals surface area contributed by atoms with Crippen LogP contribution < -0.4 is 10.9 Å². The zero-order chi connectivity index (χ0) is 20.1. The Balaban J connectivity index is 1.33. The summed E-state index contributed by atoms with van der Waals surface area (Å²) in [6, 6.07) is 4.01. The van der Waals surface area contributed by atoms with Gasteiger partial charge in [0, 0.05) is 31.4 Å². The third-order valence-electron chi connectivity index (χ3n) is 6.59. The zero-order valence-corrected chi connectivity index (χ0v) is 17.0. The van der Waals surface area contributed by atoms with Gasteiger partial charge in [-0.1, -0.05) is 6.07 Å². The molecule has 1 aliphatic heterocycles. The highest BCUT2D eigenvalue weighted by atomic mass is 16.5. The van der Waals surface area contributed by atoms with Gasteiger partial charge >= 0.3 is 0 Å². The average Bonchev–Trinajstić information content (AvgIpc) is 3.47. The largest absolute Gasteiger partial charge is 0.379 e. The molecule has 8 nitrogen and oxygen atoms in total. The number of fused-ring (bicyclic) bond motifs is 3. The topological polar surface area (TPSA) is 87.6 Å². The van der Waals surface area contributed by atoms with Gasteiger partial charge in [0.1, 0.15) is 0 Å². The predicted molar refractivity (Wildman–Crippen MR) is 113 cm³/mol. The Hall–Kier alpha value is -2.71. The van der Waals surface area contributed by atoms with E-state index in [1.807, 2.05) is 0 Å². The highest BCUT2D eigenvalue weighted by Crippen LogP contribution is 2.39. The van der Waals surface area contributed by atoms with Crippen LogP contribution in [0, 0.1) is 0 Å². The highest BCUT2D eigenvalue weighted by molar-refractivity contribution is 5.70. The molecule has 0 unspecified atom stereocenters. The molecule has 2 N–H and O–H groups in total. The smallest absolute Gasteiger partial charge is 0.274 e. The molecule has 0 saturated carbocycles. The maximum absolute atomic E-state index is 12.7. The first-order chi connectivity index (χ1) is 14.7. The lowest BCUT2D eigenvalue weighted by molar-refractivity contribution is 0.0336. The second-order valence-electron chi connectivity index (χ2n) is 8.54. The number of ether oxygens (including phenoxy) is 1. The van der Waals surface area contributed by atoms with Gasteiger partial charge in [-0.2, -0.15) is 9.50 Å². The van der Waals surface area contributed by atoms with Crippen molar-refractivity contribution in [2.24, 2.45) is 0 Å². The van der Waals surface area contributed by atoms with Crippen LogP contribution in [0.3, 0.4) is 0 Å². The summed E-state index contributed by atoms with van der Waals surface area (Å²) in [5.74, 6) is 0.995. The van der Waals surface area contributed by atoms with Crippen molar-refractivity contribution in [2.45, 2.75) is 45.1 Å². The summed E-state index contributed by atoms with van der Waals surface area (Å²) >= 11 is 0. The van der Waals surface area contributed by atoms with E-state index < -0.39 is 0 Å². The lowest BCUT2D eigenvalue weighted by Crippen LogP contribution is -2.36. The number of nitrogens with one attached hydrogen (secondary N) is 2. The molecule has 3 aromatic rings. The third-order valence-corrected chi connectivity index (χ3v) is 6.59. The van der Waals surface area contributed by atoms with E-state index in [2.05, 4.69) is 31.3 Å².